The summed E-state index contributed by atoms with van der Waals surface area (Å²) in [5, 5.41) is 3.33. The van der Waals surface area contributed by atoms with Crippen molar-refractivity contribution in [2.24, 2.45) is 5.92 Å². The molecule has 1 aliphatic heterocycles. The first kappa shape index (κ1) is 19.4. The van der Waals surface area contributed by atoms with Gasteiger partial charge < -0.3 is 5.32 Å². The van der Waals surface area contributed by atoms with Crippen LogP contribution in [-0.2, 0) is 10.2 Å². The number of halogens is 1. The van der Waals surface area contributed by atoms with E-state index in [1.54, 1.807) is 6.92 Å². The first-order valence-electron chi connectivity index (χ1n) is 8.32. The van der Waals surface area contributed by atoms with Gasteiger partial charge in [-0.25, -0.2) is 0 Å². The van der Waals surface area contributed by atoms with E-state index in [0.29, 0.717) is 5.78 Å². The molecule has 1 N–H and O–H groups in total. The standard InChI is InChI=1S/C14H18BrNO.C5H12/c1-10-3-4-12(15)9-13(10)14(11(2)17)5-7-16-8-6-14;1-4-5(2)3/h3-4,9,16H,5-8H2,1-2H3;5H,4H2,1-3H3. The summed E-state index contributed by atoms with van der Waals surface area (Å²) in [6.07, 6.45) is 3.11. The third kappa shape index (κ3) is 4.92. The minimum absolute atomic E-state index is 0.279. The van der Waals surface area contributed by atoms with Crippen LogP contribution in [0.5, 0.6) is 0 Å². The summed E-state index contributed by atoms with van der Waals surface area (Å²) in [5.41, 5.74) is 2.13. The summed E-state index contributed by atoms with van der Waals surface area (Å²) in [4.78, 5) is 12.1. The van der Waals surface area contributed by atoms with Gasteiger partial charge >= 0.3 is 0 Å². The molecule has 1 aliphatic rings. The zero-order valence-corrected chi connectivity index (χ0v) is 16.2. The third-order valence-corrected chi connectivity index (χ3v) is 5.16. The number of carbonyl (C=O) groups is 1. The first-order chi connectivity index (χ1) is 10.3. The molecular formula is C19H30BrNO. The van der Waals surface area contributed by atoms with Gasteiger partial charge in [-0.05, 0) is 69.0 Å². The van der Waals surface area contributed by atoms with Gasteiger partial charge in [0, 0.05) is 4.47 Å². The van der Waals surface area contributed by atoms with Crippen molar-refractivity contribution in [2.45, 2.75) is 59.3 Å². The lowest BCUT2D eigenvalue weighted by Gasteiger charge is -2.37. The Morgan fingerprint density at radius 1 is 1.32 bits per heavy atom. The molecule has 1 aromatic rings. The molecule has 1 heterocycles. The van der Waals surface area contributed by atoms with Gasteiger partial charge in [-0.3, -0.25) is 4.79 Å². The van der Waals surface area contributed by atoms with Gasteiger partial charge in [-0.2, -0.15) is 0 Å². The van der Waals surface area contributed by atoms with Crippen molar-refractivity contribution in [3.63, 3.8) is 0 Å². The van der Waals surface area contributed by atoms with Crippen LogP contribution in [0.1, 0.15) is 58.1 Å². The fourth-order valence-corrected chi connectivity index (χ4v) is 3.14. The van der Waals surface area contributed by atoms with E-state index in [4.69, 9.17) is 0 Å². The highest BCUT2D eigenvalue weighted by Crippen LogP contribution is 2.37. The number of carbonyl (C=O) groups excluding carboxylic acids is 1. The molecule has 0 aromatic heterocycles. The molecule has 124 valence electrons. The van der Waals surface area contributed by atoms with Crippen LogP contribution in [-0.4, -0.2) is 18.9 Å². The fourth-order valence-electron chi connectivity index (χ4n) is 2.77. The van der Waals surface area contributed by atoms with Crippen LogP contribution in [0.15, 0.2) is 22.7 Å². The molecule has 0 atom stereocenters. The van der Waals surface area contributed by atoms with Gasteiger partial charge in [0.05, 0.1) is 5.41 Å². The Morgan fingerprint density at radius 3 is 2.32 bits per heavy atom. The molecular weight excluding hydrogens is 338 g/mol. The SMILES string of the molecule is CC(=O)C1(c2cc(Br)ccc2C)CCNCC1.CCC(C)C. The monoisotopic (exact) mass is 367 g/mol. The molecule has 0 bridgehead atoms. The summed E-state index contributed by atoms with van der Waals surface area (Å²) in [5.74, 6) is 1.18. The Kier molecular flexibility index (Phi) is 7.78. The largest absolute Gasteiger partial charge is 0.317 e. The van der Waals surface area contributed by atoms with Crippen LogP contribution >= 0.6 is 15.9 Å². The summed E-state index contributed by atoms with van der Waals surface area (Å²) < 4.78 is 1.05. The lowest BCUT2D eigenvalue weighted by atomic mass is 9.69. The van der Waals surface area contributed by atoms with Gasteiger partial charge in [0.2, 0.25) is 0 Å². The molecule has 1 saturated heterocycles. The second-order valence-electron chi connectivity index (χ2n) is 6.65. The van der Waals surface area contributed by atoms with Crippen molar-refractivity contribution in [3.8, 4) is 0 Å². The smallest absolute Gasteiger partial charge is 0.140 e. The normalized spacial score (nSPS) is 16.9. The topological polar surface area (TPSA) is 29.1 Å². The number of hydrogen-bond donors (Lipinski definition) is 1. The van der Waals surface area contributed by atoms with E-state index in [1.807, 2.05) is 6.07 Å². The number of hydrogen-bond acceptors (Lipinski definition) is 2. The van der Waals surface area contributed by atoms with E-state index in [9.17, 15) is 4.79 Å². The van der Waals surface area contributed by atoms with Gasteiger partial charge in [-0.15, -0.1) is 0 Å². The lowest BCUT2D eigenvalue weighted by Crippen LogP contribution is -2.45. The molecule has 3 heteroatoms. The van der Waals surface area contributed by atoms with Crippen LogP contribution in [0.25, 0.3) is 0 Å². The summed E-state index contributed by atoms with van der Waals surface area (Å²) in [6.45, 7) is 12.3. The second-order valence-corrected chi connectivity index (χ2v) is 7.57. The molecule has 1 aromatic carbocycles. The highest BCUT2D eigenvalue weighted by atomic mass is 79.9. The fraction of sp³-hybridized carbons (Fsp3) is 0.632. The average Bonchev–Trinajstić information content (AvgIpc) is 2.50. The quantitative estimate of drug-likeness (QED) is 0.812. The zero-order chi connectivity index (χ0) is 16.8. The maximum atomic E-state index is 12.1. The van der Waals surface area contributed by atoms with Crippen molar-refractivity contribution in [1.29, 1.82) is 0 Å². The molecule has 22 heavy (non-hydrogen) atoms. The number of Topliss-reactive ketones (excluding diaryl/α,β-unsaturated/α-hetero) is 1. The summed E-state index contributed by atoms with van der Waals surface area (Å²) in [6, 6.07) is 6.24. The number of rotatable bonds is 3. The van der Waals surface area contributed by atoms with Crippen molar-refractivity contribution in [2.75, 3.05) is 13.1 Å². The Morgan fingerprint density at radius 2 is 1.86 bits per heavy atom. The van der Waals surface area contributed by atoms with Crippen LogP contribution in [0, 0.1) is 12.8 Å². The summed E-state index contributed by atoms with van der Waals surface area (Å²) in [7, 11) is 0. The first-order valence-corrected chi connectivity index (χ1v) is 9.11. The van der Waals surface area contributed by atoms with E-state index in [-0.39, 0.29) is 5.41 Å². The van der Waals surface area contributed by atoms with Gasteiger partial charge in [-0.1, -0.05) is 49.2 Å². The Hall–Kier alpha value is -0.670. The predicted molar refractivity (Wildman–Crippen MR) is 98.5 cm³/mol. The molecule has 0 amide bonds. The van der Waals surface area contributed by atoms with Crippen LogP contribution in [0.2, 0.25) is 0 Å². The van der Waals surface area contributed by atoms with Gasteiger partial charge in [0.25, 0.3) is 0 Å². The van der Waals surface area contributed by atoms with E-state index in [0.717, 1.165) is 36.3 Å². The van der Waals surface area contributed by atoms with Crippen LogP contribution in [0.4, 0.5) is 0 Å². The number of piperidine rings is 1. The average molecular weight is 368 g/mol. The minimum atomic E-state index is -0.279. The van der Waals surface area contributed by atoms with Crippen molar-refractivity contribution in [1.82, 2.24) is 5.32 Å². The minimum Gasteiger partial charge on any atom is -0.317 e. The number of nitrogens with one attached hydrogen (secondary N) is 1. The predicted octanol–water partition coefficient (Wildman–Crippen LogP) is 5.02. The molecule has 0 unspecified atom stereocenters. The Labute approximate surface area is 144 Å². The highest BCUT2D eigenvalue weighted by Gasteiger charge is 2.39. The van der Waals surface area contributed by atoms with E-state index in [2.05, 4.69) is 61.1 Å². The molecule has 2 rings (SSSR count). The van der Waals surface area contributed by atoms with Gasteiger partial charge in [0.1, 0.15) is 5.78 Å². The molecule has 0 spiro atoms. The van der Waals surface area contributed by atoms with Crippen molar-refractivity contribution < 1.29 is 4.79 Å². The maximum absolute atomic E-state index is 12.1. The number of ketones is 1. The Bertz CT molecular complexity index is 490. The van der Waals surface area contributed by atoms with E-state index >= 15 is 0 Å². The van der Waals surface area contributed by atoms with Crippen LogP contribution < -0.4 is 5.32 Å². The Balaban J connectivity index is 0.000000422. The number of aryl methyl sites for hydroxylation is 1. The van der Waals surface area contributed by atoms with Gasteiger partial charge in [0.15, 0.2) is 0 Å². The number of benzene rings is 1. The molecule has 0 aliphatic carbocycles. The highest BCUT2D eigenvalue weighted by molar-refractivity contribution is 9.10. The second kappa shape index (κ2) is 8.83. The molecule has 1 fully saturated rings. The summed E-state index contributed by atoms with van der Waals surface area (Å²) >= 11 is 3.51. The third-order valence-electron chi connectivity index (χ3n) is 4.66. The van der Waals surface area contributed by atoms with Crippen molar-refractivity contribution >= 4 is 21.7 Å². The van der Waals surface area contributed by atoms with Crippen molar-refractivity contribution in [3.05, 3.63) is 33.8 Å². The van der Waals surface area contributed by atoms with E-state index < -0.39 is 0 Å². The van der Waals surface area contributed by atoms with Crippen LogP contribution in [0.3, 0.4) is 0 Å². The zero-order valence-electron chi connectivity index (χ0n) is 14.6. The lowest BCUT2D eigenvalue weighted by molar-refractivity contribution is -0.123. The maximum Gasteiger partial charge on any atom is 0.140 e. The molecule has 2 nitrogen and oxygen atoms in total. The molecule has 0 saturated carbocycles. The van der Waals surface area contributed by atoms with E-state index in [1.165, 1.54) is 17.5 Å². The molecule has 0 radical (unpaired) electrons.